The van der Waals surface area contributed by atoms with E-state index >= 15 is 0 Å². The summed E-state index contributed by atoms with van der Waals surface area (Å²) in [4.78, 5) is 0. The normalized spacial score (nSPS) is 9.76. The number of hydrogen-bond donors (Lipinski definition) is 2. The summed E-state index contributed by atoms with van der Waals surface area (Å²) in [6.07, 6.45) is 0. The number of phenols is 2. The van der Waals surface area contributed by atoms with Gasteiger partial charge in [-0.15, -0.1) is 0 Å². The Labute approximate surface area is 236 Å². The molecule has 0 fully saturated rings. The molecule has 0 aliphatic carbocycles. The van der Waals surface area contributed by atoms with Crippen LogP contribution in [0.4, 0.5) is 0 Å². The van der Waals surface area contributed by atoms with Gasteiger partial charge in [0.25, 0.3) is 0 Å². The van der Waals surface area contributed by atoms with Gasteiger partial charge < -0.3 is 10.2 Å². The van der Waals surface area contributed by atoms with Gasteiger partial charge in [0.1, 0.15) is 11.5 Å². The molecule has 0 unspecified atom stereocenters. The maximum atomic E-state index is 9.56. The summed E-state index contributed by atoms with van der Waals surface area (Å²) in [7, 11) is 0. The van der Waals surface area contributed by atoms with E-state index in [0.717, 1.165) is 22.3 Å². The molecule has 0 saturated carbocycles. The molecule has 5 rings (SSSR count). The minimum atomic E-state index is 0. The Morgan fingerprint density at radius 1 is 0.459 bits per heavy atom. The first-order valence-corrected chi connectivity index (χ1v) is 12.2. The molecule has 5 aromatic carbocycles. The molecule has 188 valence electrons. The molecule has 0 amide bonds. The predicted octanol–water partition coefficient (Wildman–Crippen LogP) is 9.06. The third kappa shape index (κ3) is 7.76. The van der Waals surface area contributed by atoms with Crippen molar-refractivity contribution in [3.63, 3.8) is 0 Å². The average Bonchev–Trinajstić information content (AvgIpc) is 3.08. The Bertz CT molecular complexity index is 1230. The van der Waals surface area contributed by atoms with Gasteiger partial charge in [-0.25, -0.2) is 0 Å². The van der Waals surface area contributed by atoms with Crippen LogP contribution >= 0.6 is 0 Å². The second-order valence-electron chi connectivity index (χ2n) is 8.89. The fraction of sp³-hybridized carbons (Fsp3) is 0.147. The van der Waals surface area contributed by atoms with E-state index in [-0.39, 0.29) is 21.7 Å². The quantitative estimate of drug-likeness (QED) is 0.179. The molecule has 2 nitrogen and oxygen atoms in total. The van der Waals surface area contributed by atoms with Crippen LogP contribution in [-0.2, 0) is 21.7 Å². The second-order valence-corrected chi connectivity index (χ2v) is 8.89. The van der Waals surface area contributed by atoms with Gasteiger partial charge in [0.2, 0.25) is 0 Å². The molecule has 0 aliphatic rings. The molecule has 0 radical (unpaired) electrons. The van der Waals surface area contributed by atoms with Crippen molar-refractivity contribution in [2.24, 2.45) is 0 Å². The third-order valence-corrected chi connectivity index (χ3v) is 6.79. The number of hydrogen-bond acceptors (Lipinski definition) is 2. The summed E-state index contributed by atoms with van der Waals surface area (Å²) < 4.78 is 0. The van der Waals surface area contributed by atoms with Gasteiger partial charge in [-0.2, -0.15) is 27.8 Å². The number of rotatable bonds is 2. The summed E-state index contributed by atoms with van der Waals surface area (Å²) in [5.41, 5.74) is 11.2. The summed E-state index contributed by atoms with van der Waals surface area (Å²) in [6.45, 7) is 11.0. The molecule has 3 heteroatoms. The zero-order chi connectivity index (χ0) is 26.1. The summed E-state index contributed by atoms with van der Waals surface area (Å²) >= 11 is 0. The fourth-order valence-corrected chi connectivity index (χ4v) is 4.08. The van der Waals surface area contributed by atoms with Gasteiger partial charge >= 0.3 is 0 Å². The molecule has 2 N–H and O–H groups in total. The molecule has 0 bridgehead atoms. The van der Waals surface area contributed by atoms with Crippen molar-refractivity contribution in [3.05, 3.63) is 137 Å². The molecule has 0 saturated heterocycles. The van der Waals surface area contributed by atoms with E-state index in [2.05, 4.69) is 34.6 Å². The van der Waals surface area contributed by atoms with Gasteiger partial charge in [0, 0.05) is 32.8 Å². The van der Waals surface area contributed by atoms with E-state index in [1.54, 1.807) is 12.1 Å². The first kappa shape index (κ1) is 29.8. The zero-order valence-corrected chi connectivity index (χ0v) is 23.8. The fourth-order valence-electron chi connectivity index (χ4n) is 4.08. The second kappa shape index (κ2) is 14.3. The monoisotopic (exact) mass is 523 g/mol. The summed E-state index contributed by atoms with van der Waals surface area (Å²) in [6, 6.07) is 34.4. The van der Waals surface area contributed by atoms with Crippen molar-refractivity contribution >= 4 is 0 Å². The van der Waals surface area contributed by atoms with Crippen LogP contribution in [0.5, 0.6) is 11.5 Å². The first-order chi connectivity index (χ1) is 17.3. The third-order valence-electron chi connectivity index (χ3n) is 6.79. The van der Waals surface area contributed by atoms with E-state index in [0.29, 0.717) is 11.5 Å². The zero-order valence-electron chi connectivity index (χ0n) is 22.3. The summed E-state index contributed by atoms with van der Waals surface area (Å²) in [5, 5.41) is 19.1. The van der Waals surface area contributed by atoms with Crippen molar-refractivity contribution in [2.45, 2.75) is 34.6 Å². The van der Waals surface area contributed by atoms with E-state index in [4.69, 9.17) is 0 Å². The Kier molecular flexibility index (Phi) is 11.5. The molecular formula is C34H35O2Ti-. The van der Waals surface area contributed by atoms with E-state index in [1.807, 2.05) is 97.1 Å². The number of benzene rings is 4. The van der Waals surface area contributed by atoms with Crippen LogP contribution in [0.1, 0.15) is 27.8 Å². The topological polar surface area (TPSA) is 40.5 Å². The van der Waals surface area contributed by atoms with Crippen molar-refractivity contribution in [3.8, 4) is 33.8 Å². The van der Waals surface area contributed by atoms with Gasteiger partial charge in [0.05, 0.1) is 0 Å². The average molecular weight is 524 g/mol. The summed E-state index contributed by atoms with van der Waals surface area (Å²) in [5.74, 6) is 0.655. The number of para-hydroxylation sites is 2. The van der Waals surface area contributed by atoms with Crippen molar-refractivity contribution < 1.29 is 31.9 Å². The maximum absolute atomic E-state index is 9.56. The van der Waals surface area contributed by atoms with Crippen LogP contribution in [0.15, 0.2) is 109 Å². The van der Waals surface area contributed by atoms with Crippen LogP contribution in [0, 0.1) is 34.6 Å². The Morgan fingerprint density at radius 2 is 0.757 bits per heavy atom. The van der Waals surface area contributed by atoms with Crippen molar-refractivity contribution in [2.75, 3.05) is 0 Å². The van der Waals surface area contributed by atoms with Crippen LogP contribution < -0.4 is 0 Å². The first-order valence-electron chi connectivity index (χ1n) is 12.2. The molecule has 0 aliphatic heterocycles. The molecule has 0 atom stereocenters. The van der Waals surface area contributed by atoms with Crippen molar-refractivity contribution in [1.82, 2.24) is 0 Å². The largest absolute Gasteiger partial charge is 0.507 e. The van der Waals surface area contributed by atoms with E-state index < -0.39 is 0 Å². The van der Waals surface area contributed by atoms with Gasteiger partial charge in [-0.3, -0.25) is 0 Å². The minimum absolute atomic E-state index is 0. The molecule has 0 spiro atoms. The number of aromatic hydroxyl groups is 2. The van der Waals surface area contributed by atoms with Crippen molar-refractivity contribution in [1.29, 1.82) is 0 Å². The Hall–Kier alpha value is -3.46. The standard InChI is InChI=1S/2C12H10O.C10H15.Ti/c2*13-12-9-5-4-8-11(12)10-6-2-1-3-7-10;1-6-7(2)9(4)10(5)8(6)3;/h2*1-9,13H;1-5H3;/q;;-1;. The van der Waals surface area contributed by atoms with E-state index in [1.165, 1.54) is 27.8 Å². The maximum Gasteiger partial charge on any atom is 0.123 e. The van der Waals surface area contributed by atoms with Crippen LogP contribution in [0.25, 0.3) is 22.3 Å². The van der Waals surface area contributed by atoms with E-state index in [9.17, 15) is 10.2 Å². The minimum Gasteiger partial charge on any atom is -0.507 e. The molecule has 37 heavy (non-hydrogen) atoms. The smallest absolute Gasteiger partial charge is 0.123 e. The molecule has 0 aromatic heterocycles. The molecular weight excluding hydrogens is 488 g/mol. The van der Waals surface area contributed by atoms with Gasteiger partial charge in [-0.05, 0) is 23.3 Å². The van der Waals surface area contributed by atoms with Gasteiger partial charge in [-0.1, -0.05) is 132 Å². The predicted molar refractivity (Wildman–Crippen MR) is 153 cm³/mol. The van der Waals surface area contributed by atoms with Crippen LogP contribution in [0.2, 0.25) is 0 Å². The van der Waals surface area contributed by atoms with Crippen LogP contribution in [0.3, 0.4) is 0 Å². The Balaban J connectivity index is 0.000000195. The molecule has 5 aromatic rings. The van der Waals surface area contributed by atoms with Crippen LogP contribution in [-0.4, -0.2) is 10.2 Å². The SMILES string of the molecule is Cc1c(C)c(C)[c-](C)c1C.Oc1ccccc1-c1ccccc1.Oc1ccccc1-c1ccccc1.[Ti]. The number of phenolic OH excluding ortho intramolecular Hbond substituents is 2. The van der Waals surface area contributed by atoms with Gasteiger partial charge in [0.15, 0.2) is 0 Å². The Morgan fingerprint density at radius 3 is 1.03 bits per heavy atom. The molecule has 0 heterocycles.